The third-order valence-corrected chi connectivity index (χ3v) is 6.31. The van der Waals surface area contributed by atoms with Crippen LogP contribution in [0.15, 0.2) is 109 Å². The van der Waals surface area contributed by atoms with Crippen molar-refractivity contribution in [3.05, 3.63) is 137 Å². The number of rotatable bonds is 7. The van der Waals surface area contributed by atoms with Gasteiger partial charge in [0.2, 0.25) is 0 Å². The van der Waals surface area contributed by atoms with Gasteiger partial charge >= 0.3 is 0 Å². The molecule has 1 aliphatic rings. The number of ether oxygens (including phenoxy) is 1. The van der Waals surface area contributed by atoms with Gasteiger partial charge in [0.25, 0.3) is 11.8 Å². The van der Waals surface area contributed by atoms with Gasteiger partial charge in [0.1, 0.15) is 0 Å². The minimum Gasteiger partial charge on any atom is -0.449 e. The summed E-state index contributed by atoms with van der Waals surface area (Å²) in [6, 6.07) is 32.9. The van der Waals surface area contributed by atoms with E-state index in [-0.39, 0.29) is 17.6 Å². The van der Waals surface area contributed by atoms with Gasteiger partial charge in [0, 0.05) is 12.1 Å². The number of hydrogen-bond acceptors (Lipinski definition) is 3. The second-order valence-electron chi connectivity index (χ2n) is 9.07. The first-order chi connectivity index (χ1) is 18.1. The molecule has 0 aromatic heterocycles. The maximum atomic E-state index is 13.4. The Morgan fingerprint density at radius 3 is 2.30 bits per heavy atom. The van der Waals surface area contributed by atoms with Crippen molar-refractivity contribution in [1.82, 2.24) is 5.32 Å². The van der Waals surface area contributed by atoms with Crippen molar-refractivity contribution in [2.45, 2.75) is 19.9 Å². The molecular weight excluding hydrogens is 460 g/mol. The van der Waals surface area contributed by atoms with E-state index in [4.69, 9.17) is 4.74 Å². The van der Waals surface area contributed by atoms with Gasteiger partial charge in [-0.3, -0.25) is 14.5 Å². The Bertz CT molecular complexity index is 1430. The normalized spacial score (nSPS) is 13.7. The van der Waals surface area contributed by atoms with Crippen LogP contribution in [-0.4, -0.2) is 18.4 Å². The molecule has 0 fully saturated rings. The minimum absolute atomic E-state index is 0.127. The zero-order valence-corrected chi connectivity index (χ0v) is 20.7. The Labute approximate surface area is 217 Å². The van der Waals surface area contributed by atoms with Crippen molar-refractivity contribution in [2.75, 3.05) is 11.4 Å². The molecule has 5 heteroatoms. The van der Waals surface area contributed by atoms with E-state index in [1.807, 2.05) is 97.9 Å². The number of carbonyl (C=O) groups is 2. The maximum absolute atomic E-state index is 13.4. The third-order valence-electron chi connectivity index (χ3n) is 6.31. The molecule has 0 saturated heterocycles. The van der Waals surface area contributed by atoms with Crippen LogP contribution in [0.2, 0.25) is 0 Å². The van der Waals surface area contributed by atoms with Crippen LogP contribution in [0.3, 0.4) is 0 Å². The van der Waals surface area contributed by atoms with Crippen LogP contribution < -0.4 is 15.0 Å². The van der Waals surface area contributed by atoms with Gasteiger partial charge in [-0.05, 0) is 60.4 Å². The highest BCUT2D eigenvalue weighted by Crippen LogP contribution is 2.36. The number of para-hydroxylation sites is 2. The summed E-state index contributed by atoms with van der Waals surface area (Å²) in [5.41, 5.74) is 5.48. The number of anilines is 1. The van der Waals surface area contributed by atoms with Crippen molar-refractivity contribution in [1.29, 1.82) is 0 Å². The molecule has 184 valence electrons. The first-order valence-corrected chi connectivity index (χ1v) is 12.3. The van der Waals surface area contributed by atoms with Crippen LogP contribution in [0, 0.1) is 6.92 Å². The molecule has 0 saturated carbocycles. The van der Waals surface area contributed by atoms with Gasteiger partial charge in [0.05, 0.1) is 12.2 Å². The summed E-state index contributed by atoms with van der Waals surface area (Å²) < 4.78 is 6.00. The second-order valence-corrected chi connectivity index (χ2v) is 9.07. The Morgan fingerprint density at radius 2 is 1.54 bits per heavy atom. The number of fused-ring (bicyclic) bond motifs is 1. The lowest BCUT2D eigenvalue weighted by Gasteiger charge is -2.30. The fourth-order valence-corrected chi connectivity index (χ4v) is 4.24. The number of nitrogens with zero attached hydrogens (tertiary/aromatic N) is 1. The van der Waals surface area contributed by atoms with Gasteiger partial charge in [-0.2, -0.15) is 0 Å². The Kier molecular flexibility index (Phi) is 7.13. The van der Waals surface area contributed by atoms with Crippen molar-refractivity contribution in [3.8, 4) is 5.75 Å². The molecule has 4 aromatic rings. The predicted octanol–water partition coefficient (Wildman–Crippen LogP) is 5.93. The van der Waals surface area contributed by atoms with Crippen molar-refractivity contribution in [2.24, 2.45) is 0 Å². The SMILES string of the molecule is Cc1ccc(CN2C(=O)/C(=C\c3ccc(C(=O)NCCc4ccccc4)cc3)Oc3ccccc32)cc1. The smallest absolute Gasteiger partial charge is 0.294 e. The Balaban J connectivity index is 1.30. The molecule has 1 aliphatic heterocycles. The summed E-state index contributed by atoms with van der Waals surface area (Å²) >= 11 is 0. The van der Waals surface area contributed by atoms with Crippen molar-refractivity contribution in [3.63, 3.8) is 0 Å². The highest BCUT2D eigenvalue weighted by molar-refractivity contribution is 6.09. The number of hydrogen-bond donors (Lipinski definition) is 1. The molecule has 4 aromatic carbocycles. The lowest BCUT2D eigenvalue weighted by molar-refractivity contribution is -0.117. The molecule has 0 radical (unpaired) electrons. The summed E-state index contributed by atoms with van der Waals surface area (Å²) in [5.74, 6) is 0.543. The summed E-state index contributed by atoms with van der Waals surface area (Å²) in [4.78, 5) is 27.7. The summed E-state index contributed by atoms with van der Waals surface area (Å²) in [6.45, 7) is 3.05. The number of carbonyl (C=O) groups excluding carboxylic acids is 2. The molecular formula is C32H28N2O3. The first-order valence-electron chi connectivity index (χ1n) is 12.3. The van der Waals surface area contributed by atoms with E-state index in [0.717, 1.165) is 23.2 Å². The van der Waals surface area contributed by atoms with Crippen LogP contribution in [0.5, 0.6) is 5.75 Å². The summed E-state index contributed by atoms with van der Waals surface area (Å²) in [7, 11) is 0. The fourth-order valence-electron chi connectivity index (χ4n) is 4.24. The number of amides is 2. The van der Waals surface area contributed by atoms with E-state index < -0.39 is 0 Å². The zero-order valence-electron chi connectivity index (χ0n) is 20.7. The van der Waals surface area contributed by atoms with Crippen molar-refractivity contribution >= 4 is 23.6 Å². The monoisotopic (exact) mass is 488 g/mol. The molecule has 0 spiro atoms. The third kappa shape index (κ3) is 5.78. The number of aryl methyl sites for hydroxylation is 1. The molecule has 5 rings (SSSR count). The predicted molar refractivity (Wildman–Crippen MR) is 146 cm³/mol. The highest BCUT2D eigenvalue weighted by Gasteiger charge is 2.30. The van der Waals surface area contributed by atoms with E-state index in [0.29, 0.717) is 24.4 Å². The van der Waals surface area contributed by atoms with E-state index >= 15 is 0 Å². The minimum atomic E-state index is -0.206. The highest BCUT2D eigenvalue weighted by atomic mass is 16.5. The van der Waals surface area contributed by atoms with E-state index in [1.165, 1.54) is 11.1 Å². The van der Waals surface area contributed by atoms with E-state index in [2.05, 4.69) is 5.32 Å². The van der Waals surface area contributed by atoms with Crippen LogP contribution in [0.1, 0.15) is 32.6 Å². The topological polar surface area (TPSA) is 58.6 Å². The largest absolute Gasteiger partial charge is 0.449 e. The zero-order chi connectivity index (χ0) is 25.6. The molecule has 0 aliphatic carbocycles. The lowest BCUT2D eigenvalue weighted by Crippen LogP contribution is -2.36. The summed E-state index contributed by atoms with van der Waals surface area (Å²) in [6.07, 6.45) is 2.49. The van der Waals surface area contributed by atoms with Gasteiger partial charge < -0.3 is 10.1 Å². The molecule has 1 heterocycles. The molecule has 37 heavy (non-hydrogen) atoms. The van der Waals surface area contributed by atoms with Gasteiger partial charge in [-0.1, -0.05) is 84.4 Å². The van der Waals surface area contributed by atoms with Gasteiger partial charge in [0.15, 0.2) is 11.5 Å². The van der Waals surface area contributed by atoms with Crippen LogP contribution >= 0.6 is 0 Å². The quantitative estimate of drug-likeness (QED) is 0.328. The Hall–Kier alpha value is -4.64. The van der Waals surface area contributed by atoms with E-state index in [1.54, 1.807) is 23.1 Å². The first kappa shape index (κ1) is 24.1. The molecule has 2 amide bonds. The second kappa shape index (κ2) is 11.0. The van der Waals surface area contributed by atoms with Crippen LogP contribution in [0.4, 0.5) is 5.69 Å². The molecule has 5 nitrogen and oxygen atoms in total. The molecule has 0 bridgehead atoms. The number of benzene rings is 4. The maximum Gasteiger partial charge on any atom is 0.294 e. The number of nitrogens with one attached hydrogen (secondary N) is 1. The van der Waals surface area contributed by atoms with Crippen LogP contribution in [0.25, 0.3) is 6.08 Å². The van der Waals surface area contributed by atoms with Crippen LogP contribution in [-0.2, 0) is 17.8 Å². The Morgan fingerprint density at radius 1 is 0.838 bits per heavy atom. The van der Waals surface area contributed by atoms with Gasteiger partial charge in [-0.15, -0.1) is 0 Å². The van der Waals surface area contributed by atoms with Gasteiger partial charge in [-0.25, -0.2) is 0 Å². The molecule has 0 atom stereocenters. The van der Waals surface area contributed by atoms with E-state index in [9.17, 15) is 9.59 Å². The lowest BCUT2D eigenvalue weighted by atomic mass is 10.1. The average Bonchev–Trinajstić information content (AvgIpc) is 2.93. The fraction of sp³-hybridized carbons (Fsp3) is 0.125. The molecule has 0 unspecified atom stereocenters. The van der Waals surface area contributed by atoms with Crippen molar-refractivity contribution < 1.29 is 14.3 Å². The standard InChI is InChI=1S/C32H28N2O3/c1-23-11-13-26(14-12-23)22-34-28-9-5-6-10-29(28)37-30(32(34)36)21-25-15-17-27(18-16-25)31(35)33-20-19-24-7-3-2-4-8-24/h2-18,21H,19-20,22H2,1H3,(H,33,35)/b30-21+. The summed E-state index contributed by atoms with van der Waals surface area (Å²) in [5, 5.41) is 2.96. The average molecular weight is 489 g/mol. The molecule has 1 N–H and O–H groups in total.